The van der Waals surface area contributed by atoms with Crippen molar-refractivity contribution in [3.63, 3.8) is 0 Å². The van der Waals surface area contributed by atoms with E-state index in [4.69, 9.17) is 0 Å². The molecule has 1 fully saturated rings. The molecule has 0 saturated carbocycles. The molecule has 0 unspecified atom stereocenters. The fourth-order valence-corrected chi connectivity index (χ4v) is 1.84. The molecule has 0 aromatic rings. The molecule has 1 aliphatic rings. The second kappa shape index (κ2) is 6.86. The lowest BCUT2D eigenvalue weighted by molar-refractivity contribution is -0.132. The molecule has 0 radical (unpaired) electrons. The van der Waals surface area contributed by atoms with Crippen LogP contribution in [0, 0.1) is 0 Å². The van der Waals surface area contributed by atoms with E-state index in [1.54, 1.807) is 0 Å². The molecule has 1 rings (SSSR count). The average molecular weight is 227 g/mol. The van der Waals surface area contributed by atoms with Crippen LogP contribution < -0.4 is 5.32 Å². The van der Waals surface area contributed by atoms with Gasteiger partial charge in [0.1, 0.15) is 0 Å². The highest BCUT2D eigenvalue weighted by Crippen LogP contribution is 2.03. The first kappa shape index (κ1) is 13.5. The molecular weight excluding hydrogens is 202 g/mol. The van der Waals surface area contributed by atoms with Gasteiger partial charge in [-0.2, -0.15) is 0 Å². The van der Waals surface area contributed by atoms with Crippen LogP contribution in [0.1, 0.15) is 26.7 Å². The first-order chi connectivity index (χ1) is 7.59. The molecule has 1 N–H and O–H groups in total. The highest BCUT2D eigenvalue weighted by Gasteiger charge is 2.18. The molecule has 0 aromatic heterocycles. The second-order valence-corrected chi connectivity index (χ2v) is 4.90. The Labute approximate surface area is 99.0 Å². The van der Waals surface area contributed by atoms with Crippen molar-refractivity contribution in [2.75, 3.05) is 39.8 Å². The zero-order chi connectivity index (χ0) is 12.0. The monoisotopic (exact) mass is 227 g/mol. The average Bonchev–Trinajstić information content (AvgIpc) is 2.25. The van der Waals surface area contributed by atoms with Gasteiger partial charge in [-0.05, 0) is 20.0 Å². The van der Waals surface area contributed by atoms with Crippen LogP contribution in [0.3, 0.4) is 0 Å². The van der Waals surface area contributed by atoms with E-state index in [0.717, 1.165) is 39.1 Å². The fourth-order valence-electron chi connectivity index (χ4n) is 1.84. The molecule has 0 spiro atoms. The van der Waals surface area contributed by atoms with Crippen LogP contribution in [0.15, 0.2) is 0 Å². The predicted molar refractivity (Wildman–Crippen MR) is 66.4 cm³/mol. The van der Waals surface area contributed by atoms with Crippen LogP contribution >= 0.6 is 0 Å². The Morgan fingerprint density at radius 2 is 1.88 bits per heavy atom. The first-order valence-electron chi connectivity index (χ1n) is 6.29. The van der Waals surface area contributed by atoms with Gasteiger partial charge in [-0.3, -0.25) is 4.79 Å². The molecule has 16 heavy (non-hydrogen) atoms. The topological polar surface area (TPSA) is 35.6 Å². The van der Waals surface area contributed by atoms with Crippen molar-refractivity contribution in [1.82, 2.24) is 15.1 Å². The third-order valence-electron chi connectivity index (χ3n) is 2.98. The predicted octanol–water partition coefficient (Wildman–Crippen LogP) is 0.539. The first-order valence-corrected chi connectivity index (χ1v) is 6.29. The third-order valence-corrected chi connectivity index (χ3v) is 2.98. The SMILES string of the molecule is CC(C)NCCCC(=O)N1CCN(C)CC1. The Morgan fingerprint density at radius 3 is 2.44 bits per heavy atom. The normalized spacial score (nSPS) is 18.1. The number of nitrogens with zero attached hydrogens (tertiary/aromatic N) is 2. The summed E-state index contributed by atoms with van der Waals surface area (Å²) < 4.78 is 0. The molecule has 1 aliphatic heterocycles. The van der Waals surface area contributed by atoms with Gasteiger partial charge in [0, 0.05) is 38.6 Å². The molecule has 1 saturated heterocycles. The quantitative estimate of drug-likeness (QED) is 0.696. The van der Waals surface area contributed by atoms with Gasteiger partial charge < -0.3 is 15.1 Å². The number of piperazine rings is 1. The van der Waals surface area contributed by atoms with Gasteiger partial charge >= 0.3 is 0 Å². The van der Waals surface area contributed by atoms with Gasteiger partial charge in [0.05, 0.1) is 0 Å². The fraction of sp³-hybridized carbons (Fsp3) is 0.917. The minimum Gasteiger partial charge on any atom is -0.340 e. The standard InChI is InChI=1S/C12H25N3O/c1-11(2)13-6-4-5-12(16)15-9-7-14(3)8-10-15/h11,13H,4-10H2,1-3H3. The van der Waals surface area contributed by atoms with Crippen molar-refractivity contribution < 1.29 is 4.79 Å². The second-order valence-electron chi connectivity index (χ2n) is 4.90. The van der Waals surface area contributed by atoms with Gasteiger partial charge in [0.2, 0.25) is 5.91 Å². The van der Waals surface area contributed by atoms with Gasteiger partial charge in [0.15, 0.2) is 0 Å². The lowest BCUT2D eigenvalue weighted by Crippen LogP contribution is -2.47. The van der Waals surface area contributed by atoms with E-state index in [1.165, 1.54) is 0 Å². The molecule has 0 aliphatic carbocycles. The molecule has 1 amide bonds. The lowest BCUT2D eigenvalue weighted by Gasteiger charge is -2.32. The highest BCUT2D eigenvalue weighted by atomic mass is 16.2. The Morgan fingerprint density at radius 1 is 1.25 bits per heavy atom. The Balaban J connectivity index is 2.10. The van der Waals surface area contributed by atoms with Crippen molar-refractivity contribution in [3.05, 3.63) is 0 Å². The van der Waals surface area contributed by atoms with E-state index in [-0.39, 0.29) is 0 Å². The maximum absolute atomic E-state index is 11.8. The van der Waals surface area contributed by atoms with E-state index in [1.807, 2.05) is 4.90 Å². The largest absolute Gasteiger partial charge is 0.340 e. The summed E-state index contributed by atoms with van der Waals surface area (Å²) in [6.07, 6.45) is 1.63. The Kier molecular flexibility index (Phi) is 5.77. The van der Waals surface area contributed by atoms with Gasteiger partial charge in [-0.25, -0.2) is 0 Å². The van der Waals surface area contributed by atoms with Gasteiger partial charge in [-0.1, -0.05) is 13.8 Å². The number of amides is 1. The summed E-state index contributed by atoms with van der Waals surface area (Å²) in [7, 11) is 2.11. The summed E-state index contributed by atoms with van der Waals surface area (Å²) in [4.78, 5) is 16.1. The number of likely N-dealkylation sites (N-methyl/N-ethyl adjacent to an activating group) is 1. The smallest absolute Gasteiger partial charge is 0.222 e. The van der Waals surface area contributed by atoms with E-state index in [0.29, 0.717) is 18.4 Å². The molecule has 0 atom stereocenters. The number of carbonyl (C=O) groups is 1. The third kappa shape index (κ3) is 4.94. The summed E-state index contributed by atoms with van der Waals surface area (Å²) in [6, 6.07) is 0.513. The van der Waals surface area contributed by atoms with E-state index in [9.17, 15) is 4.79 Å². The minimum atomic E-state index is 0.318. The van der Waals surface area contributed by atoms with E-state index in [2.05, 4.69) is 31.1 Å². The van der Waals surface area contributed by atoms with Gasteiger partial charge in [-0.15, -0.1) is 0 Å². The van der Waals surface area contributed by atoms with Crippen LogP contribution in [0.4, 0.5) is 0 Å². The molecule has 0 bridgehead atoms. The van der Waals surface area contributed by atoms with Crippen LogP contribution in [-0.2, 0) is 4.79 Å². The van der Waals surface area contributed by atoms with Crippen LogP contribution in [0.5, 0.6) is 0 Å². The van der Waals surface area contributed by atoms with E-state index >= 15 is 0 Å². The summed E-state index contributed by atoms with van der Waals surface area (Å²) >= 11 is 0. The van der Waals surface area contributed by atoms with Gasteiger partial charge in [0.25, 0.3) is 0 Å². The maximum Gasteiger partial charge on any atom is 0.222 e. The molecule has 94 valence electrons. The van der Waals surface area contributed by atoms with Crippen molar-refractivity contribution in [1.29, 1.82) is 0 Å². The van der Waals surface area contributed by atoms with Crippen LogP contribution in [0.2, 0.25) is 0 Å². The number of hydrogen-bond donors (Lipinski definition) is 1. The van der Waals surface area contributed by atoms with E-state index < -0.39 is 0 Å². The molecule has 0 aromatic carbocycles. The molecule has 4 nitrogen and oxygen atoms in total. The molecular formula is C12H25N3O. The minimum absolute atomic E-state index is 0.318. The Bertz CT molecular complexity index is 210. The van der Waals surface area contributed by atoms with Crippen molar-refractivity contribution in [2.45, 2.75) is 32.7 Å². The Hall–Kier alpha value is -0.610. The zero-order valence-electron chi connectivity index (χ0n) is 10.8. The van der Waals surface area contributed by atoms with Crippen molar-refractivity contribution >= 4 is 5.91 Å². The molecule has 4 heteroatoms. The summed E-state index contributed by atoms with van der Waals surface area (Å²) in [5.41, 5.74) is 0. The van der Waals surface area contributed by atoms with Crippen molar-refractivity contribution in [3.8, 4) is 0 Å². The number of nitrogens with one attached hydrogen (secondary N) is 1. The molecule has 1 heterocycles. The van der Waals surface area contributed by atoms with Crippen LogP contribution in [0.25, 0.3) is 0 Å². The van der Waals surface area contributed by atoms with Crippen molar-refractivity contribution in [2.24, 2.45) is 0 Å². The number of rotatable bonds is 5. The lowest BCUT2D eigenvalue weighted by atomic mass is 10.2. The summed E-state index contributed by atoms with van der Waals surface area (Å²) in [5.74, 6) is 0.318. The zero-order valence-corrected chi connectivity index (χ0v) is 10.8. The maximum atomic E-state index is 11.8. The summed E-state index contributed by atoms with van der Waals surface area (Å²) in [5, 5.41) is 3.33. The van der Waals surface area contributed by atoms with Crippen LogP contribution in [-0.4, -0.2) is 61.5 Å². The summed E-state index contributed by atoms with van der Waals surface area (Å²) in [6.45, 7) is 9.01. The highest BCUT2D eigenvalue weighted by molar-refractivity contribution is 5.76. The number of hydrogen-bond acceptors (Lipinski definition) is 3. The number of carbonyl (C=O) groups excluding carboxylic acids is 1.